The van der Waals surface area contributed by atoms with E-state index in [2.05, 4.69) is 15.9 Å². The van der Waals surface area contributed by atoms with E-state index in [1.807, 2.05) is 25.1 Å². The zero-order chi connectivity index (χ0) is 12.3. The largest absolute Gasteiger partial charge is 0.490 e. The number of hydrogen-bond acceptors (Lipinski definition) is 3. The van der Waals surface area contributed by atoms with Gasteiger partial charge in [0.25, 0.3) is 0 Å². The first-order valence-electron chi connectivity index (χ1n) is 5.96. The number of hydrogen-bond donors (Lipinski definition) is 1. The van der Waals surface area contributed by atoms with Crippen molar-refractivity contribution in [3.63, 3.8) is 0 Å². The van der Waals surface area contributed by atoms with Crippen LogP contribution in [0.15, 0.2) is 22.7 Å². The molecule has 2 rings (SSSR count). The van der Waals surface area contributed by atoms with Gasteiger partial charge in [-0.05, 0) is 25.1 Å². The van der Waals surface area contributed by atoms with Crippen molar-refractivity contribution in [3.05, 3.63) is 28.2 Å². The van der Waals surface area contributed by atoms with Crippen LogP contribution in [0.3, 0.4) is 0 Å². The first kappa shape index (κ1) is 12.9. The van der Waals surface area contributed by atoms with E-state index >= 15 is 0 Å². The molecular formula is C13H18BrNO2. The molecule has 4 heteroatoms. The number of nitrogens with two attached hydrogens (primary N) is 1. The molecule has 0 amide bonds. The lowest BCUT2D eigenvalue weighted by atomic mass is 10.1. The first-order valence-corrected chi connectivity index (χ1v) is 6.75. The van der Waals surface area contributed by atoms with E-state index in [-0.39, 0.29) is 12.1 Å². The minimum Gasteiger partial charge on any atom is -0.490 e. The van der Waals surface area contributed by atoms with Gasteiger partial charge in [0.05, 0.1) is 13.2 Å². The summed E-state index contributed by atoms with van der Waals surface area (Å²) in [5.74, 6) is 0.898. The van der Waals surface area contributed by atoms with Gasteiger partial charge in [0.2, 0.25) is 0 Å². The monoisotopic (exact) mass is 299 g/mol. The summed E-state index contributed by atoms with van der Waals surface area (Å²) in [4.78, 5) is 0. The Morgan fingerprint density at radius 2 is 2.12 bits per heavy atom. The van der Waals surface area contributed by atoms with Crippen molar-refractivity contribution in [2.45, 2.75) is 31.9 Å². The second-order valence-corrected chi connectivity index (χ2v) is 5.32. The van der Waals surface area contributed by atoms with Gasteiger partial charge in [0.1, 0.15) is 11.9 Å². The smallest absolute Gasteiger partial charge is 0.124 e. The number of halogens is 1. The van der Waals surface area contributed by atoms with Crippen LogP contribution in [0.25, 0.3) is 0 Å². The second-order valence-electron chi connectivity index (χ2n) is 4.40. The molecule has 0 saturated carbocycles. The van der Waals surface area contributed by atoms with Gasteiger partial charge in [-0.1, -0.05) is 15.9 Å². The standard InChI is InChI=1S/C13H18BrNO2/c1-9(15)12-8-10(14)2-3-13(12)17-11-4-6-16-7-5-11/h2-3,8-9,11H,4-7,15H2,1H3. The van der Waals surface area contributed by atoms with E-state index in [4.69, 9.17) is 15.2 Å². The van der Waals surface area contributed by atoms with Gasteiger partial charge in [-0.3, -0.25) is 0 Å². The first-order chi connectivity index (χ1) is 8.16. The Morgan fingerprint density at radius 3 is 2.76 bits per heavy atom. The van der Waals surface area contributed by atoms with Gasteiger partial charge in [-0.25, -0.2) is 0 Å². The Bertz CT molecular complexity index is 376. The fourth-order valence-corrected chi connectivity index (χ4v) is 2.33. The van der Waals surface area contributed by atoms with Crippen LogP contribution < -0.4 is 10.5 Å². The summed E-state index contributed by atoms with van der Waals surface area (Å²) >= 11 is 3.46. The van der Waals surface area contributed by atoms with Gasteiger partial charge < -0.3 is 15.2 Å². The van der Waals surface area contributed by atoms with Crippen molar-refractivity contribution in [3.8, 4) is 5.75 Å². The molecule has 1 aliphatic heterocycles. The summed E-state index contributed by atoms with van der Waals surface area (Å²) in [5, 5.41) is 0. The molecule has 3 nitrogen and oxygen atoms in total. The zero-order valence-corrected chi connectivity index (χ0v) is 11.6. The lowest BCUT2D eigenvalue weighted by Gasteiger charge is -2.25. The van der Waals surface area contributed by atoms with Crippen LogP contribution in [-0.2, 0) is 4.74 Å². The SMILES string of the molecule is CC(N)c1cc(Br)ccc1OC1CCOCC1. The fraction of sp³-hybridized carbons (Fsp3) is 0.538. The summed E-state index contributed by atoms with van der Waals surface area (Å²) in [6.07, 6.45) is 2.16. The zero-order valence-electron chi connectivity index (χ0n) is 9.99. The maximum Gasteiger partial charge on any atom is 0.124 e. The molecule has 0 aromatic heterocycles. The highest BCUT2D eigenvalue weighted by molar-refractivity contribution is 9.10. The normalized spacial score (nSPS) is 19.0. The highest BCUT2D eigenvalue weighted by Crippen LogP contribution is 2.29. The van der Waals surface area contributed by atoms with Crippen LogP contribution in [0, 0.1) is 0 Å². The van der Waals surface area contributed by atoms with E-state index in [0.717, 1.165) is 41.8 Å². The van der Waals surface area contributed by atoms with Gasteiger partial charge >= 0.3 is 0 Å². The second kappa shape index (κ2) is 5.85. The van der Waals surface area contributed by atoms with Crippen molar-refractivity contribution in [1.29, 1.82) is 0 Å². The van der Waals surface area contributed by atoms with Gasteiger partial charge in [-0.15, -0.1) is 0 Å². The maximum absolute atomic E-state index is 6.02. The van der Waals surface area contributed by atoms with Crippen molar-refractivity contribution < 1.29 is 9.47 Å². The van der Waals surface area contributed by atoms with Crippen molar-refractivity contribution >= 4 is 15.9 Å². The molecular weight excluding hydrogens is 282 g/mol. The summed E-state index contributed by atoms with van der Waals surface area (Å²) in [6, 6.07) is 5.97. The van der Waals surface area contributed by atoms with Crippen LogP contribution >= 0.6 is 15.9 Å². The Kier molecular flexibility index (Phi) is 4.42. The van der Waals surface area contributed by atoms with E-state index in [1.165, 1.54) is 0 Å². The molecule has 1 aromatic carbocycles. The average Bonchev–Trinajstić information content (AvgIpc) is 2.32. The molecule has 2 N–H and O–H groups in total. The number of rotatable bonds is 3. The summed E-state index contributed by atoms with van der Waals surface area (Å²) in [7, 11) is 0. The Balaban J connectivity index is 2.13. The number of ether oxygens (including phenoxy) is 2. The van der Waals surface area contributed by atoms with Crippen LogP contribution in [0.5, 0.6) is 5.75 Å². The van der Waals surface area contributed by atoms with Crippen LogP contribution in [0.1, 0.15) is 31.4 Å². The number of benzene rings is 1. The minimum atomic E-state index is -0.0256. The van der Waals surface area contributed by atoms with Gasteiger partial charge in [0, 0.05) is 28.9 Å². The molecule has 0 radical (unpaired) electrons. The molecule has 1 aliphatic rings. The van der Waals surface area contributed by atoms with Crippen molar-refractivity contribution in [2.24, 2.45) is 5.73 Å². The Hall–Kier alpha value is -0.580. The summed E-state index contributed by atoms with van der Waals surface area (Å²) < 4.78 is 12.4. The predicted octanol–water partition coefficient (Wildman–Crippen LogP) is 3.03. The molecule has 0 aliphatic carbocycles. The molecule has 1 unspecified atom stereocenters. The minimum absolute atomic E-state index is 0.0256. The third-order valence-electron chi connectivity index (χ3n) is 2.92. The van der Waals surface area contributed by atoms with Crippen LogP contribution in [0.2, 0.25) is 0 Å². The average molecular weight is 300 g/mol. The summed E-state index contributed by atoms with van der Waals surface area (Å²) in [5.41, 5.74) is 7.01. The van der Waals surface area contributed by atoms with E-state index in [0.29, 0.717) is 0 Å². The van der Waals surface area contributed by atoms with E-state index in [9.17, 15) is 0 Å². The van der Waals surface area contributed by atoms with E-state index < -0.39 is 0 Å². The fourth-order valence-electron chi connectivity index (χ4n) is 1.96. The molecule has 1 heterocycles. The maximum atomic E-state index is 6.02. The molecule has 0 spiro atoms. The third-order valence-corrected chi connectivity index (χ3v) is 3.42. The third kappa shape index (κ3) is 3.44. The highest BCUT2D eigenvalue weighted by atomic mass is 79.9. The molecule has 1 aromatic rings. The molecule has 94 valence electrons. The van der Waals surface area contributed by atoms with Crippen molar-refractivity contribution in [2.75, 3.05) is 13.2 Å². The molecule has 0 bridgehead atoms. The lowest BCUT2D eigenvalue weighted by Crippen LogP contribution is -2.26. The van der Waals surface area contributed by atoms with Crippen LogP contribution in [-0.4, -0.2) is 19.3 Å². The highest BCUT2D eigenvalue weighted by Gasteiger charge is 2.17. The molecule has 1 fully saturated rings. The predicted molar refractivity (Wildman–Crippen MR) is 71.2 cm³/mol. The lowest BCUT2D eigenvalue weighted by molar-refractivity contribution is 0.0251. The molecule has 1 saturated heterocycles. The molecule has 1 atom stereocenters. The van der Waals surface area contributed by atoms with Gasteiger partial charge in [0.15, 0.2) is 0 Å². The summed E-state index contributed by atoms with van der Waals surface area (Å²) in [6.45, 7) is 3.54. The van der Waals surface area contributed by atoms with Crippen LogP contribution in [0.4, 0.5) is 0 Å². The Morgan fingerprint density at radius 1 is 1.41 bits per heavy atom. The van der Waals surface area contributed by atoms with Gasteiger partial charge in [-0.2, -0.15) is 0 Å². The quantitative estimate of drug-likeness (QED) is 0.933. The Labute approximate surface area is 110 Å². The topological polar surface area (TPSA) is 44.5 Å². The van der Waals surface area contributed by atoms with Crippen molar-refractivity contribution in [1.82, 2.24) is 0 Å². The van der Waals surface area contributed by atoms with E-state index in [1.54, 1.807) is 0 Å². The molecule has 17 heavy (non-hydrogen) atoms.